The Morgan fingerprint density at radius 2 is 1.37 bits per heavy atom. The van der Waals surface area contributed by atoms with Gasteiger partial charge in [0, 0.05) is 19.8 Å². The highest BCUT2D eigenvalue weighted by atomic mass is 16.3. The average Bonchev–Trinajstić information content (AvgIpc) is 2.46. The van der Waals surface area contributed by atoms with Gasteiger partial charge in [-0.3, -0.25) is 0 Å². The number of aryl methyl sites for hydroxylation is 1. The number of aliphatic hydroxyl groups excluding tert-OH is 1. The molecule has 2 heteroatoms. The first kappa shape index (κ1) is 13.6. The Morgan fingerprint density at radius 1 is 0.895 bits per heavy atom. The third-order valence-corrected chi connectivity index (χ3v) is 3.43. The Hall–Kier alpha value is -1.80. The maximum Gasteiger partial charge on any atom is 0.104 e. The minimum Gasteiger partial charge on any atom is -0.384 e. The predicted molar refractivity (Wildman–Crippen MR) is 80.7 cm³/mol. The third kappa shape index (κ3) is 3.15. The first-order valence-corrected chi connectivity index (χ1v) is 6.66. The van der Waals surface area contributed by atoms with Crippen molar-refractivity contribution in [1.29, 1.82) is 0 Å². The van der Waals surface area contributed by atoms with E-state index in [0.717, 1.165) is 23.2 Å². The van der Waals surface area contributed by atoms with Gasteiger partial charge in [0.1, 0.15) is 6.10 Å². The van der Waals surface area contributed by atoms with Crippen LogP contribution in [-0.4, -0.2) is 19.2 Å². The minimum atomic E-state index is -0.554. The standard InChI is InChI=1S/C17H21NO/c1-4-13-5-7-14(8-6-13)17(19)15-9-11-16(12-10-15)18(2)3/h5-12,17,19H,4H2,1-3H3. The van der Waals surface area contributed by atoms with Gasteiger partial charge < -0.3 is 10.0 Å². The first-order valence-electron chi connectivity index (χ1n) is 6.66. The molecular formula is C17H21NO. The van der Waals surface area contributed by atoms with E-state index >= 15 is 0 Å². The summed E-state index contributed by atoms with van der Waals surface area (Å²) < 4.78 is 0. The van der Waals surface area contributed by atoms with Gasteiger partial charge >= 0.3 is 0 Å². The van der Waals surface area contributed by atoms with E-state index < -0.39 is 6.10 Å². The summed E-state index contributed by atoms with van der Waals surface area (Å²) in [6, 6.07) is 16.2. The molecule has 0 aliphatic heterocycles. The van der Waals surface area contributed by atoms with E-state index in [2.05, 4.69) is 19.1 Å². The molecule has 0 aromatic heterocycles. The lowest BCUT2D eigenvalue weighted by atomic mass is 9.99. The molecular weight excluding hydrogens is 234 g/mol. The molecule has 2 nitrogen and oxygen atoms in total. The normalized spacial score (nSPS) is 12.2. The molecule has 100 valence electrons. The van der Waals surface area contributed by atoms with Crippen LogP contribution in [0.25, 0.3) is 0 Å². The van der Waals surface area contributed by atoms with Crippen LogP contribution in [-0.2, 0) is 6.42 Å². The van der Waals surface area contributed by atoms with Gasteiger partial charge in [-0.2, -0.15) is 0 Å². The van der Waals surface area contributed by atoms with Crippen LogP contribution in [0.15, 0.2) is 48.5 Å². The van der Waals surface area contributed by atoms with Gasteiger partial charge in [0.2, 0.25) is 0 Å². The average molecular weight is 255 g/mol. The van der Waals surface area contributed by atoms with E-state index in [4.69, 9.17) is 0 Å². The zero-order valence-corrected chi connectivity index (χ0v) is 11.8. The summed E-state index contributed by atoms with van der Waals surface area (Å²) in [5, 5.41) is 10.4. The molecule has 0 spiro atoms. The van der Waals surface area contributed by atoms with E-state index in [1.807, 2.05) is 55.4 Å². The summed E-state index contributed by atoms with van der Waals surface area (Å²) >= 11 is 0. The number of aliphatic hydroxyl groups is 1. The molecule has 0 radical (unpaired) electrons. The Balaban J connectivity index is 2.20. The van der Waals surface area contributed by atoms with Crippen molar-refractivity contribution >= 4 is 5.69 Å². The van der Waals surface area contributed by atoms with E-state index in [1.165, 1.54) is 5.56 Å². The van der Waals surface area contributed by atoms with Crippen LogP contribution in [0.5, 0.6) is 0 Å². The maximum absolute atomic E-state index is 10.4. The zero-order chi connectivity index (χ0) is 13.8. The lowest BCUT2D eigenvalue weighted by Gasteiger charge is -2.15. The molecule has 0 fully saturated rings. The number of rotatable bonds is 4. The fourth-order valence-electron chi connectivity index (χ4n) is 2.08. The number of hydrogen-bond acceptors (Lipinski definition) is 2. The lowest BCUT2D eigenvalue weighted by Crippen LogP contribution is -2.08. The molecule has 1 N–H and O–H groups in total. The van der Waals surface area contributed by atoms with Gasteiger partial charge in [-0.25, -0.2) is 0 Å². The van der Waals surface area contributed by atoms with Gasteiger partial charge in [0.05, 0.1) is 0 Å². The molecule has 2 rings (SSSR count). The molecule has 1 unspecified atom stereocenters. The quantitative estimate of drug-likeness (QED) is 0.905. The monoisotopic (exact) mass is 255 g/mol. The van der Waals surface area contributed by atoms with E-state index in [9.17, 15) is 5.11 Å². The molecule has 19 heavy (non-hydrogen) atoms. The third-order valence-electron chi connectivity index (χ3n) is 3.43. The molecule has 0 aliphatic carbocycles. The summed E-state index contributed by atoms with van der Waals surface area (Å²) in [5.74, 6) is 0. The highest BCUT2D eigenvalue weighted by molar-refractivity contribution is 5.47. The van der Waals surface area contributed by atoms with Crippen molar-refractivity contribution in [1.82, 2.24) is 0 Å². The van der Waals surface area contributed by atoms with Crippen LogP contribution in [0.1, 0.15) is 29.7 Å². The van der Waals surface area contributed by atoms with E-state index in [1.54, 1.807) is 0 Å². The smallest absolute Gasteiger partial charge is 0.104 e. The Morgan fingerprint density at radius 3 is 1.79 bits per heavy atom. The van der Waals surface area contributed by atoms with Crippen molar-refractivity contribution in [2.24, 2.45) is 0 Å². The molecule has 0 amide bonds. The molecule has 0 saturated carbocycles. The van der Waals surface area contributed by atoms with Crippen molar-refractivity contribution in [2.75, 3.05) is 19.0 Å². The van der Waals surface area contributed by atoms with E-state index in [-0.39, 0.29) is 0 Å². The fraction of sp³-hybridized carbons (Fsp3) is 0.294. The van der Waals surface area contributed by atoms with Crippen LogP contribution in [0.2, 0.25) is 0 Å². The van der Waals surface area contributed by atoms with Crippen molar-refractivity contribution in [2.45, 2.75) is 19.4 Å². The number of benzene rings is 2. The first-order chi connectivity index (χ1) is 9.11. The molecule has 0 aliphatic rings. The van der Waals surface area contributed by atoms with Crippen molar-refractivity contribution < 1.29 is 5.11 Å². The molecule has 2 aromatic carbocycles. The largest absolute Gasteiger partial charge is 0.384 e. The molecule has 0 saturated heterocycles. The Bertz CT molecular complexity index is 514. The predicted octanol–water partition coefficient (Wildman–Crippen LogP) is 3.40. The molecule has 0 heterocycles. The fourth-order valence-corrected chi connectivity index (χ4v) is 2.08. The van der Waals surface area contributed by atoms with Crippen LogP contribution < -0.4 is 4.90 Å². The second-order valence-corrected chi connectivity index (χ2v) is 4.98. The Kier molecular flexibility index (Phi) is 4.23. The molecule has 1 atom stereocenters. The van der Waals surface area contributed by atoms with Crippen LogP contribution in [0.3, 0.4) is 0 Å². The summed E-state index contributed by atoms with van der Waals surface area (Å²) in [5.41, 5.74) is 4.29. The zero-order valence-electron chi connectivity index (χ0n) is 11.8. The Labute approximate surface area is 115 Å². The van der Waals surface area contributed by atoms with Crippen molar-refractivity contribution in [3.8, 4) is 0 Å². The van der Waals surface area contributed by atoms with E-state index in [0.29, 0.717) is 0 Å². The highest BCUT2D eigenvalue weighted by Crippen LogP contribution is 2.24. The highest BCUT2D eigenvalue weighted by Gasteiger charge is 2.10. The topological polar surface area (TPSA) is 23.5 Å². The summed E-state index contributed by atoms with van der Waals surface area (Å²) in [6.45, 7) is 2.13. The maximum atomic E-state index is 10.4. The van der Waals surface area contributed by atoms with Crippen LogP contribution in [0.4, 0.5) is 5.69 Å². The summed E-state index contributed by atoms with van der Waals surface area (Å²) in [6.07, 6.45) is 0.468. The van der Waals surface area contributed by atoms with Gasteiger partial charge in [0.15, 0.2) is 0 Å². The summed E-state index contributed by atoms with van der Waals surface area (Å²) in [7, 11) is 4.02. The lowest BCUT2D eigenvalue weighted by molar-refractivity contribution is 0.220. The second-order valence-electron chi connectivity index (χ2n) is 4.98. The van der Waals surface area contributed by atoms with Crippen molar-refractivity contribution in [3.63, 3.8) is 0 Å². The van der Waals surface area contributed by atoms with Gasteiger partial charge in [-0.05, 0) is 35.2 Å². The van der Waals surface area contributed by atoms with Gasteiger partial charge in [-0.15, -0.1) is 0 Å². The van der Waals surface area contributed by atoms with Crippen LogP contribution >= 0.6 is 0 Å². The van der Waals surface area contributed by atoms with Crippen LogP contribution in [0, 0.1) is 0 Å². The number of hydrogen-bond donors (Lipinski definition) is 1. The van der Waals surface area contributed by atoms with Gasteiger partial charge in [-0.1, -0.05) is 43.3 Å². The number of anilines is 1. The molecule has 0 bridgehead atoms. The SMILES string of the molecule is CCc1ccc(C(O)c2ccc(N(C)C)cc2)cc1. The minimum absolute atomic E-state index is 0.554. The van der Waals surface area contributed by atoms with Crippen molar-refractivity contribution in [3.05, 3.63) is 65.2 Å². The molecule has 2 aromatic rings. The number of nitrogens with zero attached hydrogens (tertiary/aromatic N) is 1. The second kappa shape index (κ2) is 5.89. The van der Waals surface area contributed by atoms with Gasteiger partial charge in [0.25, 0.3) is 0 Å². The summed E-state index contributed by atoms with van der Waals surface area (Å²) in [4.78, 5) is 2.05.